The number of nitrogens with zero attached hydrogens (tertiary/aromatic N) is 2. The van der Waals surface area contributed by atoms with Gasteiger partial charge < -0.3 is 10.6 Å². The van der Waals surface area contributed by atoms with Crippen molar-refractivity contribution >= 4 is 17.8 Å². The summed E-state index contributed by atoms with van der Waals surface area (Å²) in [6, 6.07) is 15.4. The van der Waals surface area contributed by atoms with Crippen LogP contribution < -0.4 is 10.6 Å². The third-order valence-corrected chi connectivity index (χ3v) is 4.92. The van der Waals surface area contributed by atoms with Crippen LogP contribution in [0.1, 0.15) is 44.7 Å². The first kappa shape index (κ1) is 19.6. The van der Waals surface area contributed by atoms with Crippen molar-refractivity contribution in [1.82, 2.24) is 15.5 Å². The highest BCUT2D eigenvalue weighted by molar-refractivity contribution is 6.21. The van der Waals surface area contributed by atoms with E-state index in [1.165, 1.54) is 16.0 Å². The summed E-state index contributed by atoms with van der Waals surface area (Å²) in [6.07, 6.45) is 0. The molecule has 6 heteroatoms. The minimum absolute atomic E-state index is 0.238. The van der Waals surface area contributed by atoms with Crippen LogP contribution >= 0.6 is 0 Å². The number of fused-ring (bicyclic) bond motifs is 1. The van der Waals surface area contributed by atoms with Gasteiger partial charge >= 0.3 is 0 Å². The molecule has 0 aromatic heterocycles. The average Bonchev–Trinajstić information content (AvgIpc) is 2.95. The Morgan fingerprint density at radius 2 is 1.71 bits per heavy atom. The normalized spacial score (nSPS) is 14.8. The molecule has 3 rings (SSSR count). The molecule has 0 spiro atoms. The first-order valence-electron chi connectivity index (χ1n) is 9.47. The molecule has 2 N–H and O–H groups in total. The second-order valence-corrected chi connectivity index (χ2v) is 7.00. The maximum absolute atomic E-state index is 12.4. The van der Waals surface area contributed by atoms with E-state index in [4.69, 9.17) is 0 Å². The molecule has 28 heavy (non-hydrogen) atoms. The zero-order chi connectivity index (χ0) is 20.1. The Bertz CT molecular complexity index is 872. The van der Waals surface area contributed by atoms with Gasteiger partial charge in [-0.25, -0.2) is 0 Å². The first-order valence-corrected chi connectivity index (χ1v) is 9.47. The maximum atomic E-state index is 12.4. The SMILES string of the molecule is CN=C(NCCN1C(=O)c2ccccc2C1=O)NCC(C)c1cccc(C)c1. The Kier molecular flexibility index (Phi) is 6.09. The summed E-state index contributed by atoms with van der Waals surface area (Å²) in [5.41, 5.74) is 3.46. The van der Waals surface area contributed by atoms with Crippen molar-refractivity contribution in [1.29, 1.82) is 0 Å². The molecule has 146 valence electrons. The van der Waals surface area contributed by atoms with Gasteiger partial charge in [-0.2, -0.15) is 0 Å². The van der Waals surface area contributed by atoms with E-state index in [1.807, 2.05) is 0 Å². The summed E-state index contributed by atoms with van der Waals surface area (Å²) >= 11 is 0. The summed E-state index contributed by atoms with van der Waals surface area (Å²) in [4.78, 5) is 30.3. The van der Waals surface area contributed by atoms with Crippen LogP contribution in [0.5, 0.6) is 0 Å². The number of rotatable bonds is 6. The molecule has 1 unspecified atom stereocenters. The van der Waals surface area contributed by atoms with Crippen LogP contribution in [-0.2, 0) is 0 Å². The smallest absolute Gasteiger partial charge is 0.261 e. The quantitative estimate of drug-likeness (QED) is 0.460. The lowest BCUT2D eigenvalue weighted by Crippen LogP contribution is -2.43. The van der Waals surface area contributed by atoms with Gasteiger partial charge in [-0.3, -0.25) is 19.5 Å². The fraction of sp³-hybridized carbons (Fsp3) is 0.318. The van der Waals surface area contributed by atoms with Gasteiger partial charge in [0.05, 0.1) is 11.1 Å². The van der Waals surface area contributed by atoms with E-state index in [0.29, 0.717) is 36.1 Å². The Hall–Kier alpha value is -3.15. The van der Waals surface area contributed by atoms with E-state index >= 15 is 0 Å². The monoisotopic (exact) mass is 378 g/mol. The van der Waals surface area contributed by atoms with E-state index in [-0.39, 0.29) is 11.8 Å². The molecule has 1 aliphatic rings. The number of imide groups is 1. The number of aryl methyl sites for hydroxylation is 1. The summed E-state index contributed by atoms with van der Waals surface area (Å²) in [5, 5.41) is 6.48. The first-order chi connectivity index (χ1) is 13.5. The molecule has 0 aliphatic carbocycles. The summed E-state index contributed by atoms with van der Waals surface area (Å²) in [7, 11) is 1.70. The molecule has 0 radical (unpaired) electrons. The lowest BCUT2D eigenvalue weighted by molar-refractivity contribution is 0.0657. The van der Waals surface area contributed by atoms with Crippen molar-refractivity contribution in [3.05, 3.63) is 70.8 Å². The van der Waals surface area contributed by atoms with Crippen LogP contribution in [0, 0.1) is 6.92 Å². The summed E-state index contributed by atoms with van der Waals surface area (Å²) in [5.74, 6) is 0.502. The average molecular weight is 378 g/mol. The molecule has 2 aromatic carbocycles. The molecule has 0 saturated heterocycles. The molecule has 1 atom stereocenters. The number of nitrogens with one attached hydrogen (secondary N) is 2. The van der Waals surface area contributed by atoms with Crippen LogP contribution in [-0.4, -0.2) is 49.4 Å². The number of carbonyl (C=O) groups excluding carboxylic acids is 2. The second kappa shape index (κ2) is 8.69. The number of benzene rings is 2. The molecule has 1 heterocycles. The molecular formula is C22H26N4O2. The van der Waals surface area contributed by atoms with E-state index in [2.05, 4.69) is 53.7 Å². The molecule has 0 bridgehead atoms. The predicted octanol–water partition coefficient (Wildman–Crippen LogP) is 2.56. The molecule has 1 aliphatic heterocycles. The molecule has 2 amide bonds. The van der Waals surface area contributed by atoms with Gasteiger partial charge in [-0.05, 0) is 30.5 Å². The van der Waals surface area contributed by atoms with Crippen LogP contribution in [0.4, 0.5) is 0 Å². The number of hydrogen-bond donors (Lipinski definition) is 2. The molecular weight excluding hydrogens is 352 g/mol. The highest BCUT2D eigenvalue weighted by atomic mass is 16.2. The van der Waals surface area contributed by atoms with Gasteiger partial charge in [0.2, 0.25) is 0 Å². The number of amides is 2. The fourth-order valence-corrected chi connectivity index (χ4v) is 3.29. The second-order valence-electron chi connectivity index (χ2n) is 7.00. The largest absolute Gasteiger partial charge is 0.356 e. The van der Waals surface area contributed by atoms with Gasteiger partial charge in [0.25, 0.3) is 11.8 Å². The fourth-order valence-electron chi connectivity index (χ4n) is 3.29. The highest BCUT2D eigenvalue weighted by Crippen LogP contribution is 2.21. The Labute approximate surface area is 165 Å². The Balaban J connectivity index is 1.49. The summed E-state index contributed by atoms with van der Waals surface area (Å²) in [6.45, 7) is 5.71. The van der Waals surface area contributed by atoms with Crippen LogP contribution in [0.2, 0.25) is 0 Å². The van der Waals surface area contributed by atoms with Gasteiger partial charge in [0, 0.05) is 26.7 Å². The minimum atomic E-state index is -0.238. The lowest BCUT2D eigenvalue weighted by atomic mass is 9.99. The van der Waals surface area contributed by atoms with E-state index in [0.717, 1.165) is 6.54 Å². The predicted molar refractivity (Wildman–Crippen MR) is 111 cm³/mol. The lowest BCUT2D eigenvalue weighted by Gasteiger charge is -2.18. The third kappa shape index (κ3) is 4.22. The van der Waals surface area contributed by atoms with Crippen molar-refractivity contribution in [2.24, 2.45) is 4.99 Å². The zero-order valence-electron chi connectivity index (χ0n) is 16.5. The molecule has 6 nitrogen and oxygen atoms in total. The van der Waals surface area contributed by atoms with E-state index in [1.54, 1.807) is 31.3 Å². The standard InChI is InChI=1S/C22H26N4O2/c1-15-7-6-8-17(13-15)16(2)14-25-22(23-3)24-11-12-26-20(27)18-9-4-5-10-19(18)21(26)28/h4-10,13,16H,11-12,14H2,1-3H3,(H2,23,24,25). The Morgan fingerprint density at radius 1 is 1.04 bits per heavy atom. The van der Waals surface area contributed by atoms with Gasteiger partial charge in [0.15, 0.2) is 5.96 Å². The van der Waals surface area contributed by atoms with Crippen molar-refractivity contribution in [3.63, 3.8) is 0 Å². The van der Waals surface area contributed by atoms with Crippen molar-refractivity contribution in [2.45, 2.75) is 19.8 Å². The molecule has 2 aromatic rings. The van der Waals surface area contributed by atoms with Crippen molar-refractivity contribution < 1.29 is 9.59 Å². The topological polar surface area (TPSA) is 73.8 Å². The van der Waals surface area contributed by atoms with Crippen molar-refractivity contribution in [2.75, 3.05) is 26.7 Å². The van der Waals surface area contributed by atoms with Gasteiger partial charge in [0.1, 0.15) is 0 Å². The summed E-state index contributed by atoms with van der Waals surface area (Å²) < 4.78 is 0. The van der Waals surface area contributed by atoms with Crippen LogP contribution in [0.25, 0.3) is 0 Å². The number of hydrogen-bond acceptors (Lipinski definition) is 3. The molecule has 0 saturated carbocycles. The number of guanidine groups is 1. The van der Waals surface area contributed by atoms with Crippen molar-refractivity contribution in [3.8, 4) is 0 Å². The van der Waals surface area contributed by atoms with E-state index in [9.17, 15) is 9.59 Å². The number of carbonyl (C=O) groups is 2. The van der Waals surface area contributed by atoms with Crippen LogP contribution in [0.3, 0.4) is 0 Å². The third-order valence-electron chi connectivity index (χ3n) is 4.92. The highest BCUT2D eigenvalue weighted by Gasteiger charge is 2.34. The van der Waals surface area contributed by atoms with Gasteiger partial charge in [-0.15, -0.1) is 0 Å². The maximum Gasteiger partial charge on any atom is 0.261 e. The Morgan fingerprint density at radius 3 is 2.32 bits per heavy atom. The molecule has 0 fully saturated rings. The van der Waals surface area contributed by atoms with Gasteiger partial charge in [-0.1, -0.05) is 48.9 Å². The number of aliphatic imine (C=N–C) groups is 1. The zero-order valence-corrected chi connectivity index (χ0v) is 16.5. The van der Waals surface area contributed by atoms with Crippen LogP contribution in [0.15, 0.2) is 53.5 Å². The minimum Gasteiger partial charge on any atom is -0.356 e. The van der Waals surface area contributed by atoms with E-state index < -0.39 is 0 Å².